The van der Waals surface area contributed by atoms with Crippen LogP contribution in [0, 0.1) is 18.6 Å². The Hall–Kier alpha value is -3.22. The number of carbonyl (C=O) groups excluding carboxylic acids is 1. The minimum Gasteiger partial charge on any atom is -0.378 e. The first-order valence-electron chi connectivity index (χ1n) is 10.3. The van der Waals surface area contributed by atoms with Gasteiger partial charge < -0.3 is 11.1 Å². The maximum absolute atomic E-state index is 15.0. The standard InChI is InChI=1S/C24H21ClF2N5OP/c1-12-20(25)23(30-11-15-8-13(24(28)33)4-6-16(15)26)22-18(31-12)9-17(27)21(32-22)14-5-7-19(29-10-14)34(2)3/h4-10H,11H2,1-3H3,(H2,28,33)(H,30,31). The van der Waals surface area contributed by atoms with E-state index in [-0.39, 0.29) is 36.3 Å². The number of halogens is 3. The van der Waals surface area contributed by atoms with Crippen molar-refractivity contribution in [2.75, 3.05) is 18.6 Å². The van der Waals surface area contributed by atoms with Gasteiger partial charge in [-0.05, 0) is 50.6 Å². The Morgan fingerprint density at radius 1 is 1.12 bits per heavy atom. The van der Waals surface area contributed by atoms with Crippen molar-refractivity contribution in [2.45, 2.75) is 13.5 Å². The molecule has 0 aliphatic carbocycles. The molecule has 34 heavy (non-hydrogen) atoms. The Morgan fingerprint density at radius 3 is 2.53 bits per heavy atom. The van der Waals surface area contributed by atoms with Crippen LogP contribution in [0.1, 0.15) is 21.6 Å². The zero-order chi connectivity index (χ0) is 24.6. The van der Waals surface area contributed by atoms with Crippen LogP contribution in [-0.2, 0) is 6.54 Å². The molecule has 10 heteroatoms. The minimum atomic E-state index is -0.662. The Kier molecular flexibility index (Phi) is 6.73. The normalized spacial score (nSPS) is 11.3. The summed E-state index contributed by atoms with van der Waals surface area (Å²) in [6, 6.07) is 8.80. The number of hydrogen-bond acceptors (Lipinski definition) is 5. The maximum Gasteiger partial charge on any atom is 0.248 e. The lowest BCUT2D eigenvalue weighted by Gasteiger charge is -2.15. The predicted molar refractivity (Wildman–Crippen MR) is 133 cm³/mol. The van der Waals surface area contributed by atoms with Crippen LogP contribution < -0.4 is 16.5 Å². The molecule has 4 rings (SSSR count). The van der Waals surface area contributed by atoms with Crippen molar-refractivity contribution in [1.29, 1.82) is 0 Å². The summed E-state index contributed by atoms with van der Waals surface area (Å²) in [5.41, 5.74) is 8.74. The van der Waals surface area contributed by atoms with Crippen LogP contribution >= 0.6 is 19.5 Å². The van der Waals surface area contributed by atoms with E-state index in [1.165, 1.54) is 24.3 Å². The highest BCUT2D eigenvalue weighted by molar-refractivity contribution is 7.63. The van der Waals surface area contributed by atoms with Gasteiger partial charge in [0.25, 0.3) is 0 Å². The van der Waals surface area contributed by atoms with Gasteiger partial charge in [-0.2, -0.15) is 0 Å². The highest BCUT2D eigenvalue weighted by atomic mass is 35.5. The zero-order valence-corrected chi connectivity index (χ0v) is 20.3. The Bertz CT molecular complexity index is 1410. The number of anilines is 1. The molecule has 0 radical (unpaired) electrons. The summed E-state index contributed by atoms with van der Waals surface area (Å²) in [6.45, 7) is 5.85. The van der Waals surface area contributed by atoms with Crippen molar-refractivity contribution in [3.8, 4) is 11.3 Å². The lowest BCUT2D eigenvalue weighted by Crippen LogP contribution is -2.13. The van der Waals surface area contributed by atoms with Crippen LogP contribution in [0.25, 0.3) is 22.3 Å². The number of rotatable bonds is 6. The number of fused-ring (bicyclic) bond motifs is 1. The summed E-state index contributed by atoms with van der Waals surface area (Å²) >= 11 is 6.52. The number of carbonyl (C=O) groups is 1. The first-order chi connectivity index (χ1) is 16.2. The van der Waals surface area contributed by atoms with Crippen LogP contribution in [0.15, 0.2) is 42.6 Å². The van der Waals surface area contributed by atoms with Crippen molar-refractivity contribution in [1.82, 2.24) is 15.0 Å². The Labute approximate surface area is 201 Å². The molecule has 0 fully saturated rings. The van der Waals surface area contributed by atoms with Crippen molar-refractivity contribution < 1.29 is 13.6 Å². The first-order valence-corrected chi connectivity index (χ1v) is 12.9. The van der Waals surface area contributed by atoms with Crippen molar-refractivity contribution >= 4 is 47.6 Å². The summed E-state index contributed by atoms with van der Waals surface area (Å²) in [4.78, 5) is 24.8. The van der Waals surface area contributed by atoms with Crippen LogP contribution in [0.3, 0.4) is 0 Å². The second kappa shape index (κ2) is 9.57. The van der Waals surface area contributed by atoms with E-state index < -0.39 is 17.5 Å². The summed E-state index contributed by atoms with van der Waals surface area (Å²) in [6.07, 6.45) is 1.59. The third-order valence-electron chi connectivity index (χ3n) is 5.28. The molecule has 0 aliphatic rings. The van der Waals surface area contributed by atoms with Gasteiger partial charge in [0.1, 0.15) is 17.0 Å². The molecule has 4 aromatic rings. The molecule has 3 N–H and O–H groups in total. The molecule has 174 valence electrons. The van der Waals surface area contributed by atoms with Gasteiger partial charge >= 0.3 is 0 Å². The molecule has 1 aromatic carbocycles. The fourth-order valence-corrected chi connectivity index (χ4v) is 4.32. The quantitative estimate of drug-likeness (QED) is 0.364. The summed E-state index contributed by atoms with van der Waals surface area (Å²) < 4.78 is 29.3. The molecule has 0 aliphatic heterocycles. The fourth-order valence-electron chi connectivity index (χ4n) is 3.46. The van der Waals surface area contributed by atoms with Crippen LogP contribution in [0.2, 0.25) is 5.02 Å². The molecule has 0 spiro atoms. The van der Waals surface area contributed by atoms with E-state index in [1.807, 2.05) is 6.07 Å². The SMILES string of the molecule is Cc1nc2cc(F)c(-c3ccc(P(C)C)nc3)nc2c(NCc2cc(C(N)=O)ccc2F)c1Cl. The van der Waals surface area contributed by atoms with E-state index in [0.29, 0.717) is 28.0 Å². The molecule has 0 saturated carbocycles. The molecule has 0 unspecified atom stereocenters. The van der Waals surface area contributed by atoms with E-state index in [1.54, 1.807) is 19.2 Å². The smallest absolute Gasteiger partial charge is 0.248 e. The topological polar surface area (TPSA) is 93.8 Å². The molecule has 3 heterocycles. The maximum atomic E-state index is 15.0. The van der Waals surface area contributed by atoms with Crippen molar-refractivity contribution in [2.24, 2.45) is 5.73 Å². The molecule has 3 aromatic heterocycles. The number of hydrogen-bond donors (Lipinski definition) is 2. The molecule has 0 atom stereocenters. The van der Waals surface area contributed by atoms with E-state index in [2.05, 4.69) is 33.6 Å². The van der Waals surface area contributed by atoms with E-state index in [4.69, 9.17) is 17.3 Å². The second-order valence-corrected chi connectivity index (χ2v) is 10.5. The monoisotopic (exact) mass is 499 g/mol. The Balaban J connectivity index is 1.78. The van der Waals surface area contributed by atoms with Gasteiger partial charge in [0.05, 0.1) is 27.4 Å². The van der Waals surface area contributed by atoms with Gasteiger partial charge in [0.2, 0.25) is 5.91 Å². The number of pyridine rings is 3. The van der Waals surface area contributed by atoms with E-state index in [0.717, 1.165) is 5.44 Å². The minimum absolute atomic E-state index is 0.00752. The number of benzene rings is 1. The van der Waals surface area contributed by atoms with E-state index in [9.17, 15) is 13.6 Å². The summed E-state index contributed by atoms with van der Waals surface area (Å²) in [5.74, 6) is -1.72. The number of nitrogens with one attached hydrogen (secondary N) is 1. The highest BCUT2D eigenvalue weighted by Crippen LogP contribution is 2.34. The molecule has 0 bridgehead atoms. The number of aryl methyl sites for hydroxylation is 1. The lowest BCUT2D eigenvalue weighted by atomic mass is 10.1. The van der Waals surface area contributed by atoms with E-state index >= 15 is 0 Å². The van der Waals surface area contributed by atoms with Crippen molar-refractivity contribution in [3.63, 3.8) is 0 Å². The van der Waals surface area contributed by atoms with Gasteiger partial charge in [-0.3, -0.25) is 9.78 Å². The average Bonchev–Trinajstić information content (AvgIpc) is 2.80. The molecule has 0 saturated heterocycles. The van der Waals surface area contributed by atoms with Gasteiger partial charge in [-0.25, -0.2) is 18.7 Å². The van der Waals surface area contributed by atoms with Gasteiger partial charge in [-0.1, -0.05) is 19.5 Å². The predicted octanol–water partition coefficient (Wildman–Crippen LogP) is 5.01. The number of nitrogens with zero attached hydrogens (tertiary/aromatic N) is 3. The average molecular weight is 500 g/mol. The van der Waals surface area contributed by atoms with Crippen LogP contribution in [-0.4, -0.2) is 34.2 Å². The number of aromatic nitrogens is 3. The third-order valence-corrected chi connectivity index (χ3v) is 6.93. The lowest BCUT2D eigenvalue weighted by molar-refractivity contribution is 0.1000. The zero-order valence-electron chi connectivity index (χ0n) is 18.7. The third kappa shape index (κ3) is 4.69. The highest BCUT2D eigenvalue weighted by Gasteiger charge is 2.18. The fraction of sp³-hybridized carbons (Fsp3) is 0.167. The van der Waals surface area contributed by atoms with Gasteiger partial charge in [0.15, 0.2) is 5.82 Å². The summed E-state index contributed by atoms with van der Waals surface area (Å²) in [7, 11) is -0.385. The molecule has 6 nitrogen and oxygen atoms in total. The number of amides is 1. The first kappa shape index (κ1) is 23.9. The van der Waals surface area contributed by atoms with Crippen LogP contribution in [0.5, 0.6) is 0 Å². The number of nitrogens with two attached hydrogens (primary N) is 1. The Morgan fingerprint density at radius 2 is 1.88 bits per heavy atom. The molecular weight excluding hydrogens is 479 g/mol. The van der Waals surface area contributed by atoms with Gasteiger partial charge in [0, 0.05) is 35.5 Å². The second-order valence-electron chi connectivity index (χ2n) is 7.90. The van der Waals surface area contributed by atoms with Crippen LogP contribution in [0.4, 0.5) is 14.5 Å². The van der Waals surface area contributed by atoms with Gasteiger partial charge in [-0.15, -0.1) is 0 Å². The number of primary amides is 1. The molecular formula is C24H21ClF2N5OP. The largest absolute Gasteiger partial charge is 0.378 e. The molecule has 1 amide bonds. The summed E-state index contributed by atoms with van der Waals surface area (Å²) in [5, 5.41) is 3.36. The van der Waals surface area contributed by atoms with Crippen molar-refractivity contribution in [3.05, 3.63) is 76.1 Å².